The van der Waals surface area contributed by atoms with Crippen LogP contribution in [0.15, 0.2) is 12.3 Å². The van der Waals surface area contributed by atoms with E-state index in [9.17, 15) is 14.7 Å². The lowest BCUT2D eigenvalue weighted by Gasteiger charge is -2.41. The predicted octanol–water partition coefficient (Wildman–Crippen LogP) is 2.30. The van der Waals surface area contributed by atoms with Gasteiger partial charge in [0.15, 0.2) is 11.6 Å². The van der Waals surface area contributed by atoms with Crippen LogP contribution in [-0.2, 0) is 4.79 Å². The Kier molecular flexibility index (Phi) is 5.73. The summed E-state index contributed by atoms with van der Waals surface area (Å²) in [6, 6.07) is 1.86. The molecule has 3 fully saturated rings. The number of hydrogen-bond acceptors (Lipinski definition) is 6. The molecule has 3 heterocycles. The molecule has 1 atom stereocenters. The van der Waals surface area contributed by atoms with Crippen LogP contribution in [0.4, 0.5) is 16.3 Å². The number of ether oxygens (including phenoxy) is 1. The largest absolute Gasteiger partial charge is 0.493 e. The zero-order chi connectivity index (χ0) is 21.3. The highest BCUT2D eigenvalue weighted by Gasteiger charge is 2.51. The van der Waals surface area contributed by atoms with Crippen LogP contribution < -0.4 is 15.0 Å². The molecule has 1 saturated carbocycles. The van der Waals surface area contributed by atoms with E-state index in [0.717, 1.165) is 58.0 Å². The molecule has 3 N–H and O–H groups in total. The number of amides is 2. The summed E-state index contributed by atoms with van der Waals surface area (Å²) in [5.74, 6) is 1.36. The summed E-state index contributed by atoms with van der Waals surface area (Å²) in [7, 11) is 1.53. The number of aliphatic hydroxyl groups excluding tert-OH is 1. The van der Waals surface area contributed by atoms with Crippen molar-refractivity contribution >= 4 is 23.5 Å². The van der Waals surface area contributed by atoms with Crippen LogP contribution in [-0.4, -0.2) is 71.0 Å². The van der Waals surface area contributed by atoms with Crippen molar-refractivity contribution in [2.45, 2.75) is 57.1 Å². The van der Waals surface area contributed by atoms with Crippen molar-refractivity contribution in [3.05, 3.63) is 12.3 Å². The maximum Gasteiger partial charge on any atom is 0.409 e. The Morgan fingerprint density at radius 2 is 2.03 bits per heavy atom. The van der Waals surface area contributed by atoms with Gasteiger partial charge in [-0.15, -0.1) is 0 Å². The number of carbonyl (C=O) groups excluding carboxylic acids is 1. The van der Waals surface area contributed by atoms with Crippen molar-refractivity contribution in [1.29, 1.82) is 0 Å². The Balaban J connectivity index is 1.51. The second-order valence-corrected chi connectivity index (χ2v) is 8.70. The molecule has 1 aromatic heterocycles. The first kappa shape index (κ1) is 20.7. The normalized spacial score (nSPS) is 29.3. The predicted molar refractivity (Wildman–Crippen MR) is 111 cm³/mol. The van der Waals surface area contributed by atoms with E-state index < -0.39 is 11.5 Å². The number of rotatable bonds is 4. The first-order valence-corrected chi connectivity index (χ1v) is 10.7. The third-order valence-corrected chi connectivity index (χ3v) is 6.83. The third kappa shape index (κ3) is 3.90. The van der Waals surface area contributed by atoms with E-state index in [-0.39, 0.29) is 18.1 Å². The van der Waals surface area contributed by atoms with Crippen LogP contribution in [0.2, 0.25) is 0 Å². The number of nitrogens with one attached hydrogen (secondary N) is 1. The average molecular weight is 418 g/mol. The van der Waals surface area contributed by atoms with Crippen molar-refractivity contribution in [3.63, 3.8) is 0 Å². The van der Waals surface area contributed by atoms with E-state index in [2.05, 4.69) is 20.1 Å². The average Bonchev–Trinajstić information content (AvgIpc) is 3.03. The molecule has 1 aromatic rings. The van der Waals surface area contributed by atoms with Gasteiger partial charge in [0.05, 0.1) is 30.5 Å². The minimum atomic E-state index is -1.16. The highest BCUT2D eigenvalue weighted by atomic mass is 16.5. The Hall–Kier alpha value is -2.55. The second-order valence-electron chi connectivity index (χ2n) is 8.70. The number of anilines is 2. The zero-order valence-corrected chi connectivity index (χ0v) is 17.3. The summed E-state index contributed by atoms with van der Waals surface area (Å²) < 4.78 is 5.47. The van der Waals surface area contributed by atoms with Crippen LogP contribution in [0.1, 0.15) is 44.9 Å². The number of carbonyl (C=O) groups is 2. The number of likely N-dealkylation sites (tertiary alicyclic amines) is 1. The van der Waals surface area contributed by atoms with Crippen molar-refractivity contribution in [3.8, 4) is 5.75 Å². The number of pyridine rings is 1. The maximum absolute atomic E-state index is 13.5. The first-order valence-electron chi connectivity index (χ1n) is 10.7. The summed E-state index contributed by atoms with van der Waals surface area (Å²) >= 11 is 0. The summed E-state index contributed by atoms with van der Waals surface area (Å²) in [6.45, 7) is 2.14. The summed E-state index contributed by atoms with van der Waals surface area (Å²) in [5.41, 5.74) is -0.0589. The molecular weight excluding hydrogens is 388 g/mol. The van der Waals surface area contributed by atoms with E-state index in [1.807, 2.05) is 0 Å². The molecule has 4 rings (SSSR count). The van der Waals surface area contributed by atoms with Gasteiger partial charge in [0.2, 0.25) is 5.91 Å². The molecule has 0 bridgehead atoms. The van der Waals surface area contributed by atoms with Gasteiger partial charge in [-0.2, -0.15) is 0 Å². The molecule has 3 aliphatic rings. The van der Waals surface area contributed by atoms with Crippen LogP contribution in [0.5, 0.6) is 5.75 Å². The van der Waals surface area contributed by atoms with E-state index in [1.165, 1.54) is 13.3 Å². The number of aromatic nitrogens is 1. The minimum absolute atomic E-state index is 0.227. The fourth-order valence-electron chi connectivity index (χ4n) is 5.27. The third-order valence-electron chi connectivity index (χ3n) is 6.83. The number of aliphatic hydroxyl groups is 1. The van der Waals surface area contributed by atoms with Crippen molar-refractivity contribution < 1.29 is 24.5 Å². The highest BCUT2D eigenvalue weighted by Crippen LogP contribution is 2.44. The molecule has 1 aliphatic carbocycles. The quantitative estimate of drug-likeness (QED) is 0.687. The Morgan fingerprint density at radius 1 is 1.27 bits per heavy atom. The first-order chi connectivity index (χ1) is 14.4. The van der Waals surface area contributed by atoms with Gasteiger partial charge in [0.25, 0.3) is 0 Å². The smallest absolute Gasteiger partial charge is 0.409 e. The monoisotopic (exact) mass is 418 g/mol. The standard InChI is InChI=1S/C21H30N4O5/c1-30-17-11-14(23-20(28)29)12-22-18(17)24-9-2-7-21(13-24)8-10-25(19(21)27)15-3-5-16(26)6-4-15/h11-12,15-16,23,26H,2-10,13H2,1H3,(H,28,29)/t15-,16+,21-/m0/s1. The number of methoxy groups -OCH3 is 1. The van der Waals surface area contributed by atoms with Gasteiger partial charge >= 0.3 is 6.09 Å². The van der Waals surface area contributed by atoms with Gasteiger partial charge in [-0.1, -0.05) is 0 Å². The Bertz CT molecular complexity index is 811. The van der Waals surface area contributed by atoms with E-state index >= 15 is 0 Å². The number of piperidine rings is 1. The van der Waals surface area contributed by atoms with Crippen LogP contribution in [0, 0.1) is 5.41 Å². The second kappa shape index (κ2) is 8.29. The van der Waals surface area contributed by atoms with Crippen molar-refractivity contribution in [2.24, 2.45) is 5.41 Å². The fraction of sp³-hybridized carbons (Fsp3) is 0.667. The molecular formula is C21H30N4O5. The maximum atomic E-state index is 13.5. The van der Waals surface area contributed by atoms with Crippen molar-refractivity contribution in [2.75, 3.05) is 37.0 Å². The van der Waals surface area contributed by atoms with Gasteiger partial charge < -0.3 is 24.7 Å². The van der Waals surface area contributed by atoms with Gasteiger partial charge in [0.1, 0.15) is 0 Å². The molecule has 9 nitrogen and oxygen atoms in total. The lowest BCUT2D eigenvalue weighted by Crippen LogP contribution is -2.50. The highest BCUT2D eigenvalue weighted by molar-refractivity contribution is 5.86. The number of nitrogens with zero attached hydrogens (tertiary/aromatic N) is 3. The molecule has 30 heavy (non-hydrogen) atoms. The van der Waals surface area contributed by atoms with Crippen molar-refractivity contribution in [1.82, 2.24) is 9.88 Å². The summed E-state index contributed by atoms with van der Waals surface area (Å²) in [5, 5.41) is 21.0. The van der Waals surface area contributed by atoms with Crippen LogP contribution in [0.25, 0.3) is 0 Å². The van der Waals surface area contributed by atoms with Crippen LogP contribution in [0.3, 0.4) is 0 Å². The molecule has 1 spiro atoms. The van der Waals surface area contributed by atoms with Gasteiger partial charge in [-0.05, 0) is 44.9 Å². The summed E-state index contributed by atoms with van der Waals surface area (Å²) in [6.07, 6.45) is 5.98. The minimum Gasteiger partial charge on any atom is -0.493 e. The van der Waals surface area contributed by atoms with Gasteiger partial charge in [-0.25, -0.2) is 9.78 Å². The molecule has 0 radical (unpaired) electrons. The lowest BCUT2D eigenvalue weighted by atomic mass is 9.78. The van der Waals surface area contributed by atoms with E-state index in [1.54, 1.807) is 6.07 Å². The molecule has 0 unspecified atom stereocenters. The van der Waals surface area contributed by atoms with Gasteiger partial charge in [0, 0.05) is 31.7 Å². The van der Waals surface area contributed by atoms with Gasteiger partial charge in [-0.3, -0.25) is 10.1 Å². The SMILES string of the molecule is COc1cc(NC(=O)O)cnc1N1CCC[C@]2(CCN([C@H]3CC[C@@H](O)CC3)C2=O)C1. The number of carboxylic acid groups (broad SMARTS) is 1. The molecule has 2 aliphatic heterocycles. The molecule has 2 saturated heterocycles. The topological polar surface area (TPSA) is 115 Å². The number of hydrogen-bond donors (Lipinski definition) is 3. The molecule has 9 heteroatoms. The van der Waals surface area contributed by atoms with Crippen LogP contribution >= 0.6 is 0 Å². The molecule has 2 amide bonds. The molecule has 0 aromatic carbocycles. The lowest BCUT2D eigenvalue weighted by molar-refractivity contribution is -0.139. The fourth-order valence-corrected chi connectivity index (χ4v) is 5.27. The Labute approximate surface area is 176 Å². The molecule has 164 valence electrons. The summed E-state index contributed by atoms with van der Waals surface area (Å²) in [4.78, 5) is 33.0. The van der Waals surface area contributed by atoms with E-state index in [0.29, 0.717) is 23.8 Å². The Morgan fingerprint density at radius 3 is 2.73 bits per heavy atom. The van der Waals surface area contributed by atoms with E-state index in [4.69, 9.17) is 9.84 Å². The zero-order valence-electron chi connectivity index (χ0n) is 17.3.